The number of thiophene rings is 1. The Kier molecular flexibility index (Phi) is 6.99. The van der Waals surface area contributed by atoms with Gasteiger partial charge in [-0.3, -0.25) is 0 Å². The van der Waals surface area contributed by atoms with Crippen molar-refractivity contribution in [3.05, 3.63) is 60.7 Å². The Morgan fingerprint density at radius 2 is 0.880 bits per heavy atom. The number of hydrogen-bond acceptors (Lipinski definition) is 1. The zero-order chi connectivity index (χ0) is 32.5. The molecular formula is C48H57NS. The summed E-state index contributed by atoms with van der Waals surface area (Å²) in [6, 6.07) is 24.2. The summed E-state index contributed by atoms with van der Waals surface area (Å²) in [6.07, 6.45) is 26.3. The number of nitrogens with zero attached hydrogens (tertiary/aromatic N) is 1. The van der Waals surface area contributed by atoms with Crippen LogP contribution in [0.15, 0.2) is 60.7 Å². The van der Waals surface area contributed by atoms with E-state index in [0.717, 1.165) is 71.0 Å². The van der Waals surface area contributed by atoms with E-state index in [0.29, 0.717) is 6.04 Å². The normalized spacial score (nSPS) is 41.2. The molecule has 0 aliphatic heterocycles. The van der Waals surface area contributed by atoms with E-state index >= 15 is 0 Å². The van der Waals surface area contributed by atoms with Gasteiger partial charge in [-0.25, -0.2) is 0 Å². The van der Waals surface area contributed by atoms with Crippen LogP contribution in [0.2, 0.25) is 0 Å². The van der Waals surface area contributed by atoms with E-state index < -0.39 is 0 Å². The van der Waals surface area contributed by atoms with E-state index in [9.17, 15) is 0 Å². The third-order valence-electron chi connectivity index (χ3n) is 17.6. The molecule has 0 radical (unpaired) electrons. The minimum Gasteiger partial charge on any atom is -0.336 e. The van der Waals surface area contributed by atoms with Crippen LogP contribution in [0.3, 0.4) is 0 Å². The van der Waals surface area contributed by atoms with Gasteiger partial charge in [-0.15, -0.1) is 11.3 Å². The van der Waals surface area contributed by atoms with Crippen LogP contribution in [0.4, 0.5) is 0 Å². The molecule has 5 aromatic rings. The van der Waals surface area contributed by atoms with Crippen LogP contribution in [0, 0.1) is 71.0 Å². The molecule has 0 spiro atoms. The molecule has 13 unspecified atom stereocenters. The molecule has 0 N–H and O–H groups in total. The number of benzene rings is 3. The second kappa shape index (κ2) is 11.6. The molecule has 2 aromatic heterocycles. The molecule has 7 aliphatic carbocycles. The fraction of sp³-hybridized carbons (Fsp3) is 0.625. The van der Waals surface area contributed by atoms with Gasteiger partial charge in [-0.2, -0.15) is 0 Å². The second-order valence-corrected chi connectivity index (χ2v) is 20.1. The molecular weight excluding hydrogens is 623 g/mol. The Morgan fingerprint density at radius 3 is 1.50 bits per heavy atom. The van der Waals surface area contributed by atoms with Crippen LogP contribution in [0.25, 0.3) is 42.0 Å². The largest absolute Gasteiger partial charge is 0.336 e. The molecule has 7 aliphatic rings. The van der Waals surface area contributed by atoms with Crippen molar-refractivity contribution in [3.8, 4) is 0 Å². The van der Waals surface area contributed by atoms with Crippen molar-refractivity contribution in [3.63, 3.8) is 0 Å². The lowest BCUT2D eigenvalue weighted by Crippen LogP contribution is -2.57. The highest BCUT2D eigenvalue weighted by atomic mass is 32.1. The smallest absolute Gasteiger partial charge is 0.0675 e. The van der Waals surface area contributed by atoms with Crippen LogP contribution in [-0.4, -0.2) is 4.57 Å². The molecule has 260 valence electrons. The third kappa shape index (κ3) is 4.24. The SMILES string of the molecule is c1ccc2c(c1)sc1c2ccc2c3ccccc3n(C3CCC4C5CC6C7CCCCC7C7CCCCC7C6CC5C5CCCCC5C4C3)c21. The van der Waals surface area contributed by atoms with E-state index in [1.807, 2.05) is 11.3 Å². The van der Waals surface area contributed by atoms with Crippen LogP contribution < -0.4 is 0 Å². The summed E-state index contributed by atoms with van der Waals surface area (Å²) in [6.45, 7) is 0. The third-order valence-corrected chi connectivity index (χ3v) is 18.8. The standard InChI is InChI=1S/C48H57NS/c1-3-13-31-29(11-1)30-12-2-4-14-32(30)42-27-44-35-22-21-28(25-40(35)33-15-5-6-16-34(33)43(44)26-41(31)42)49-45-19-9-7-17-36(45)38-23-24-39-37-18-8-10-20-46(37)50-48(39)47(38)49/h7-10,17-20,23-24,28-35,40-44H,1-6,11-16,21-22,25-27H2. The highest BCUT2D eigenvalue weighted by Crippen LogP contribution is 2.67. The maximum Gasteiger partial charge on any atom is 0.0675 e. The molecule has 7 fully saturated rings. The summed E-state index contributed by atoms with van der Waals surface area (Å²) in [5.41, 5.74) is 3.05. The predicted octanol–water partition coefficient (Wildman–Crippen LogP) is 13.8. The highest BCUT2D eigenvalue weighted by molar-refractivity contribution is 7.26. The van der Waals surface area contributed by atoms with Crippen LogP contribution in [0.5, 0.6) is 0 Å². The van der Waals surface area contributed by atoms with Crippen molar-refractivity contribution in [2.24, 2.45) is 71.0 Å². The molecule has 50 heavy (non-hydrogen) atoms. The molecule has 3 aromatic carbocycles. The van der Waals surface area contributed by atoms with Crippen LogP contribution >= 0.6 is 11.3 Å². The Hall–Kier alpha value is -2.32. The molecule has 13 atom stereocenters. The lowest BCUT2D eigenvalue weighted by Gasteiger charge is -2.65. The predicted molar refractivity (Wildman–Crippen MR) is 212 cm³/mol. The minimum absolute atomic E-state index is 0.630. The van der Waals surface area contributed by atoms with Crippen molar-refractivity contribution < 1.29 is 0 Å². The van der Waals surface area contributed by atoms with Crippen molar-refractivity contribution in [2.75, 3.05) is 0 Å². The van der Waals surface area contributed by atoms with Gasteiger partial charge in [0.2, 0.25) is 0 Å². The lowest BCUT2D eigenvalue weighted by molar-refractivity contribution is -0.157. The maximum atomic E-state index is 2.93. The summed E-state index contributed by atoms with van der Waals surface area (Å²) in [5, 5.41) is 5.87. The van der Waals surface area contributed by atoms with Gasteiger partial charge < -0.3 is 4.57 Å². The first-order valence-corrected chi connectivity index (χ1v) is 22.5. The number of hydrogen-bond donors (Lipinski definition) is 0. The van der Waals surface area contributed by atoms with E-state index in [-0.39, 0.29) is 0 Å². The Balaban J connectivity index is 0.943. The quantitative estimate of drug-likeness (QED) is 0.166. The topological polar surface area (TPSA) is 4.93 Å². The Bertz CT molecular complexity index is 2080. The summed E-state index contributed by atoms with van der Waals surface area (Å²) < 4.78 is 5.90. The molecule has 12 rings (SSSR count). The zero-order valence-electron chi connectivity index (χ0n) is 30.2. The van der Waals surface area contributed by atoms with E-state index in [1.165, 1.54) is 68.6 Å². The van der Waals surface area contributed by atoms with Crippen molar-refractivity contribution in [2.45, 2.75) is 115 Å². The molecule has 7 saturated carbocycles. The van der Waals surface area contributed by atoms with E-state index in [1.54, 1.807) is 82.6 Å². The number of aromatic nitrogens is 1. The summed E-state index contributed by atoms with van der Waals surface area (Å²) in [5.74, 6) is 12.7. The van der Waals surface area contributed by atoms with Gasteiger partial charge in [-0.05, 0) is 154 Å². The first-order chi connectivity index (χ1) is 24.8. The number of rotatable bonds is 1. The fourth-order valence-corrected chi connectivity index (χ4v) is 17.4. The average molecular weight is 680 g/mol. The van der Waals surface area contributed by atoms with Gasteiger partial charge >= 0.3 is 0 Å². The molecule has 0 bridgehead atoms. The van der Waals surface area contributed by atoms with E-state index in [2.05, 4.69) is 65.2 Å². The van der Waals surface area contributed by atoms with Crippen LogP contribution in [0.1, 0.15) is 115 Å². The van der Waals surface area contributed by atoms with Gasteiger partial charge in [0, 0.05) is 37.8 Å². The molecule has 2 heteroatoms. The summed E-state index contributed by atoms with van der Waals surface area (Å²) in [7, 11) is 0. The monoisotopic (exact) mass is 679 g/mol. The first kappa shape index (κ1) is 30.2. The van der Waals surface area contributed by atoms with E-state index in [4.69, 9.17) is 0 Å². The molecule has 0 amide bonds. The van der Waals surface area contributed by atoms with Gasteiger partial charge in [-0.1, -0.05) is 87.1 Å². The highest BCUT2D eigenvalue weighted by Gasteiger charge is 2.60. The van der Waals surface area contributed by atoms with Crippen molar-refractivity contribution >= 4 is 53.3 Å². The number of para-hydroxylation sites is 1. The zero-order valence-corrected chi connectivity index (χ0v) is 31.0. The van der Waals surface area contributed by atoms with Gasteiger partial charge in [0.15, 0.2) is 0 Å². The molecule has 0 saturated heterocycles. The fourth-order valence-electron chi connectivity index (χ4n) is 16.2. The minimum atomic E-state index is 0.630. The van der Waals surface area contributed by atoms with Crippen molar-refractivity contribution in [1.82, 2.24) is 4.57 Å². The number of fused-ring (bicyclic) bond motifs is 19. The van der Waals surface area contributed by atoms with Crippen molar-refractivity contribution in [1.29, 1.82) is 0 Å². The van der Waals surface area contributed by atoms with Gasteiger partial charge in [0.05, 0.1) is 10.2 Å². The molecule has 1 nitrogen and oxygen atoms in total. The van der Waals surface area contributed by atoms with Gasteiger partial charge in [0.1, 0.15) is 0 Å². The Labute approximate surface area is 303 Å². The lowest BCUT2D eigenvalue weighted by atomic mass is 9.41. The van der Waals surface area contributed by atoms with Crippen LogP contribution in [-0.2, 0) is 0 Å². The van der Waals surface area contributed by atoms with Gasteiger partial charge in [0.25, 0.3) is 0 Å². The summed E-state index contributed by atoms with van der Waals surface area (Å²) in [4.78, 5) is 0. The summed E-state index contributed by atoms with van der Waals surface area (Å²) >= 11 is 2.05. The first-order valence-electron chi connectivity index (χ1n) is 21.6. The second-order valence-electron chi connectivity index (χ2n) is 19.1. The Morgan fingerprint density at radius 1 is 0.400 bits per heavy atom. The average Bonchev–Trinajstić information content (AvgIpc) is 3.73. The maximum absolute atomic E-state index is 2.93. The molecule has 2 heterocycles.